The number of hydrogen-bond donors (Lipinski definition) is 0. The lowest BCUT2D eigenvalue weighted by molar-refractivity contribution is -0.145. The van der Waals surface area contributed by atoms with Crippen LogP contribution in [0.2, 0.25) is 0 Å². The monoisotopic (exact) mass is 491 g/mol. The van der Waals surface area contributed by atoms with E-state index in [-0.39, 0.29) is 37.1 Å². The number of halogens is 1. The molecule has 34 heavy (non-hydrogen) atoms. The molecule has 0 bridgehead atoms. The average Bonchev–Trinajstić information content (AvgIpc) is 2.75. The molecule has 8 nitrogen and oxygen atoms in total. The van der Waals surface area contributed by atoms with Crippen LogP contribution in [0.1, 0.15) is 57.2 Å². The zero-order valence-electron chi connectivity index (χ0n) is 20.0. The second kappa shape index (κ2) is 11.8. The summed E-state index contributed by atoms with van der Waals surface area (Å²) in [5.74, 6) is -1.26. The molecule has 0 N–H and O–H groups in total. The van der Waals surface area contributed by atoms with Crippen molar-refractivity contribution in [1.82, 2.24) is 9.97 Å². The fourth-order valence-corrected chi connectivity index (χ4v) is 3.48. The Labute approximate surface area is 199 Å². The van der Waals surface area contributed by atoms with Gasteiger partial charge in [0.25, 0.3) is 0 Å². The molecular weight excluding hydrogens is 461 g/mol. The van der Waals surface area contributed by atoms with Gasteiger partial charge in [-0.25, -0.2) is 27.1 Å². The van der Waals surface area contributed by atoms with Crippen LogP contribution in [0.3, 0.4) is 0 Å². The number of ketones is 1. The van der Waals surface area contributed by atoms with Crippen molar-refractivity contribution >= 4 is 33.8 Å². The van der Waals surface area contributed by atoms with Crippen molar-refractivity contribution < 1.29 is 27.1 Å². The molecule has 0 aliphatic heterocycles. The SMILES string of the molecule is CCOC(=O)CC(=O)CCC=Cc1c(-c2ccc(F)cc2)nc(N(C)S(C)(=O)=O)nc1C(C)C. The number of carbonyl (C=O) groups is 2. The topological polar surface area (TPSA) is 107 Å². The number of anilines is 1. The number of Topliss-reactive ketones (excluding diaryl/α,β-unsaturated/α-hetero) is 1. The van der Waals surface area contributed by atoms with Gasteiger partial charge in [0, 0.05) is 24.6 Å². The number of sulfonamides is 1. The fraction of sp³-hybridized carbons (Fsp3) is 0.417. The summed E-state index contributed by atoms with van der Waals surface area (Å²) < 4.78 is 43.5. The Kier molecular flexibility index (Phi) is 9.43. The minimum Gasteiger partial charge on any atom is -0.466 e. The number of aromatic nitrogens is 2. The van der Waals surface area contributed by atoms with Gasteiger partial charge in [-0.05, 0) is 43.5 Å². The molecule has 0 aliphatic rings. The molecule has 0 saturated carbocycles. The Morgan fingerprint density at radius 3 is 2.38 bits per heavy atom. The van der Waals surface area contributed by atoms with Gasteiger partial charge in [-0.3, -0.25) is 9.59 Å². The number of carbonyl (C=O) groups excluding carboxylic acids is 2. The van der Waals surface area contributed by atoms with E-state index in [2.05, 4.69) is 9.97 Å². The van der Waals surface area contributed by atoms with Crippen LogP contribution < -0.4 is 4.31 Å². The van der Waals surface area contributed by atoms with Gasteiger partial charge in [0.05, 0.1) is 24.3 Å². The molecule has 0 atom stereocenters. The third-order valence-electron chi connectivity index (χ3n) is 4.93. The first-order valence-corrected chi connectivity index (χ1v) is 12.7. The molecule has 10 heteroatoms. The number of rotatable bonds is 11. The molecule has 2 aromatic rings. The van der Waals surface area contributed by atoms with E-state index in [1.165, 1.54) is 19.2 Å². The molecule has 0 amide bonds. The smallest absolute Gasteiger partial charge is 0.313 e. The standard InChI is InChI=1S/C24H30FN3O5S/c1-6-33-21(30)15-19(29)9-7-8-10-20-22(16(2)3)26-24(28(4)34(5,31)32)27-23(20)17-11-13-18(25)14-12-17/h8,10-14,16H,6-7,9,15H2,1-5H3. The quantitative estimate of drug-likeness (QED) is 0.344. The molecule has 0 aliphatic carbocycles. The number of nitrogens with zero attached hydrogens (tertiary/aromatic N) is 3. The second-order valence-electron chi connectivity index (χ2n) is 8.02. The summed E-state index contributed by atoms with van der Waals surface area (Å²) in [6.45, 7) is 5.74. The van der Waals surface area contributed by atoms with E-state index < -0.39 is 21.8 Å². The predicted molar refractivity (Wildman–Crippen MR) is 129 cm³/mol. The lowest BCUT2D eigenvalue weighted by atomic mass is 9.97. The molecule has 1 heterocycles. The van der Waals surface area contributed by atoms with Crippen LogP contribution in [-0.2, 0) is 24.3 Å². The van der Waals surface area contributed by atoms with E-state index in [9.17, 15) is 22.4 Å². The molecule has 0 spiro atoms. The van der Waals surface area contributed by atoms with Crippen molar-refractivity contribution in [2.45, 2.75) is 46.0 Å². The Morgan fingerprint density at radius 2 is 1.82 bits per heavy atom. The van der Waals surface area contributed by atoms with Crippen molar-refractivity contribution in [1.29, 1.82) is 0 Å². The predicted octanol–water partition coefficient (Wildman–Crippen LogP) is 4.12. The van der Waals surface area contributed by atoms with Gasteiger partial charge in [-0.1, -0.05) is 26.0 Å². The number of esters is 1. The summed E-state index contributed by atoms with van der Waals surface area (Å²) in [6.07, 6.45) is 4.88. The highest BCUT2D eigenvalue weighted by atomic mass is 32.2. The highest BCUT2D eigenvalue weighted by molar-refractivity contribution is 7.92. The number of benzene rings is 1. The van der Waals surface area contributed by atoms with E-state index in [4.69, 9.17) is 4.74 Å². The number of ether oxygens (including phenoxy) is 1. The van der Waals surface area contributed by atoms with Crippen LogP contribution in [0.4, 0.5) is 10.3 Å². The Bertz CT molecular complexity index is 1160. The normalized spacial score (nSPS) is 11.7. The summed E-state index contributed by atoms with van der Waals surface area (Å²) in [4.78, 5) is 32.4. The molecule has 184 valence electrons. The maximum atomic E-state index is 13.5. The van der Waals surface area contributed by atoms with Crippen molar-refractivity contribution in [2.24, 2.45) is 0 Å². The maximum absolute atomic E-state index is 13.5. The van der Waals surface area contributed by atoms with Crippen LogP contribution in [0.5, 0.6) is 0 Å². The van der Waals surface area contributed by atoms with E-state index in [1.807, 2.05) is 13.8 Å². The number of hydrogen-bond acceptors (Lipinski definition) is 7. The second-order valence-corrected chi connectivity index (χ2v) is 10.0. The van der Waals surface area contributed by atoms with E-state index in [0.717, 1.165) is 10.6 Å². The number of allylic oxidation sites excluding steroid dienone is 1. The summed E-state index contributed by atoms with van der Waals surface area (Å²) in [6, 6.07) is 5.72. The van der Waals surface area contributed by atoms with Crippen LogP contribution in [0.15, 0.2) is 30.3 Å². The van der Waals surface area contributed by atoms with Crippen molar-refractivity contribution in [3.63, 3.8) is 0 Å². The first kappa shape index (κ1) is 27.1. The maximum Gasteiger partial charge on any atom is 0.313 e. The fourth-order valence-electron chi connectivity index (χ4n) is 3.10. The summed E-state index contributed by atoms with van der Waals surface area (Å²) in [5, 5.41) is 0. The Morgan fingerprint density at radius 1 is 1.18 bits per heavy atom. The van der Waals surface area contributed by atoms with Gasteiger partial charge in [0.1, 0.15) is 18.0 Å². The van der Waals surface area contributed by atoms with Crippen LogP contribution in [-0.4, -0.2) is 50.0 Å². The lowest BCUT2D eigenvalue weighted by Gasteiger charge is -2.20. The zero-order valence-corrected chi connectivity index (χ0v) is 20.9. The van der Waals surface area contributed by atoms with Gasteiger partial charge in [0.2, 0.25) is 16.0 Å². The molecule has 0 unspecified atom stereocenters. The molecule has 1 aromatic heterocycles. The van der Waals surface area contributed by atoms with E-state index >= 15 is 0 Å². The van der Waals surface area contributed by atoms with Crippen LogP contribution >= 0.6 is 0 Å². The highest BCUT2D eigenvalue weighted by Crippen LogP contribution is 2.31. The van der Waals surface area contributed by atoms with Crippen molar-refractivity contribution in [2.75, 3.05) is 24.2 Å². The molecule has 0 saturated heterocycles. The summed E-state index contributed by atoms with van der Waals surface area (Å²) in [7, 11) is -2.24. The lowest BCUT2D eigenvalue weighted by Crippen LogP contribution is -2.27. The summed E-state index contributed by atoms with van der Waals surface area (Å²) in [5.41, 5.74) is 2.28. The Hall–Kier alpha value is -3.14. The largest absolute Gasteiger partial charge is 0.466 e. The highest BCUT2D eigenvalue weighted by Gasteiger charge is 2.22. The molecule has 0 fully saturated rings. The van der Waals surface area contributed by atoms with Crippen molar-refractivity contribution in [3.8, 4) is 11.3 Å². The zero-order chi connectivity index (χ0) is 25.5. The van der Waals surface area contributed by atoms with Crippen LogP contribution in [0.25, 0.3) is 17.3 Å². The van der Waals surface area contributed by atoms with Crippen molar-refractivity contribution in [3.05, 3.63) is 47.4 Å². The van der Waals surface area contributed by atoms with Gasteiger partial charge in [0.15, 0.2) is 0 Å². The first-order valence-electron chi connectivity index (χ1n) is 10.9. The minimum absolute atomic E-state index is 0.00675. The molecule has 0 radical (unpaired) electrons. The average molecular weight is 492 g/mol. The molecule has 2 rings (SSSR count). The Balaban J connectivity index is 2.46. The van der Waals surface area contributed by atoms with Crippen LogP contribution in [0, 0.1) is 5.82 Å². The minimum atomic E-state index is -3.61. The third-order valence-corrected chi connectivity index (χ3v) is 6.09. The first-order chi connectivity index (χ1) is 15.9. The van der Waals surface area contributed by atoms with E-state index in [1.54, 1.807) is 31.2 Å². The molecule has 1 aromatic carbocycles. The summed E-state index contributed by atoms with van der Waals surface area (Å²) >= 11 is 0. The third kappa shape index (κ3) is 7.44. The van der Waals surface area contributed by atoms with Gasteiger partial charge >= 0.3 is 5.97 Å². The molecular formula is C24H30FN3O5S. The van der Waals surface area contributed by atoms with Gasteiger partial charge in [-0.15, -0.1) is 0 Å². The van der Waals surface area contributed by atoms with E-state index in [0.29, 0.717) is 28.9 Å². The van der Waals surface area contributed by atoms with Gasteiger partial charge in [-0.2, -0.15) is 0 Å². The van der Waals surface area contributed by atoms with Gasteiger partial charge < -0.3 is 4.74 Å².